The predicted octanol–water partition coefficient (Wildman–Crippen LogP) is 1.16. The molecule has 16 heavy (non-hydrogen) atoms. The van der Waals surface area contributed by atoms with E-state index in [-0.39, 0.29) is 29.8 Å². The molecule has 92 valence electrons. The zero-order chi connectivity index (χ0) is 12.3. The van der Waals surface area contributed by atoms with Crippen molar-refractivity contribution in [2.75, 3.05) is 6.54 Å². The monoisotopic (exact) mass is 226 g/mol. The standard InChI is InChI=1S/C12H22N2O2/c1-5-7-14-10(8(3)4)11(15)13-9(6-2)12(14)16/h8-10H,5-7H2,1-4H3,(H,13,15). The molecule has 1 saturated heterocycles. The lowest BCUT2D eigenvalue weighted by molar-refractivity contribution is -0.151. The fourth-order valence-electron chi connectivity index (χ4n) is 2.23. The minimum atomic E-state index is -0.325. The third-order valence-electron chi connectivity index (χ3n) is 3.01. The molecule has 0 saturated carbocycles. The fourth-order valence-corrected chi connectivity index (χ4v) is 2.23. The van der Waals surface area contributed by atoms with E-state index in [2.05, 4.69) is 5.32 Å². The zero-order valence-corrected chi connectivity index (χ0v) is 10.6. The van der Waals surface area contributed by atoms with Crippen LogP contribution in [0.3, 0.4) is 0 Å². The molecule has 0 aliphatic carbocycles. The van der Waals surface area contributed by atoms with Gasteiger partial charge in [-0.1, -0.05) is 27.7 Å². The maximum Gasteiger partial charge on any atom is 0.245 e. The lowest BCUT2D eigenvalue weighted by Gasteiger charge is -2.40. The molecule has 2 atom stereocenters. The van der Waals surface area contributed by atoms with Crippen LogP contribution in [-0.2, 0) is 9.59 Å². The molecule has 0 bridgehead atoms. The van der Waals surface area contributed by atoms with Crippen molar-refractivity contribution >= 4 is 11.8 Å². The second-order valence-electron chi connectivity index (χ2n) is 4.69. The Morgan fingerprint density at radius 2 is 1.94 bits per heavy atom. The Morgan fingerprint density at radius 1 is 1.31 bits per heavy atom. The van der Waals surface area contributed by atoms with Crippen LogP contribution in [0.1, 0.15) is 40.5 Å². The topological polar surface area (TPSA) is 49.4 Å². The van der Waals surface area contributed by atoms with Gasteiger partial charge in [-0.15, -0.1) is 0 Å². The van der Waals surface area contributed by atoms with Crippen LogP contribution in [0, 0.1) is 5.92 Å². The van der Waals surface area contributed by atoms with Gasteiger partial charge in [-0.05, 0) is 18.8 Å². The highest BCUT2D eigenvalue weighted by atomic mass is 16.2. The van der Waals surface area contributed by atoms with Crippen molar-refractivity contribution in [1.29, 1.82) is 0 Å². The number of nitrogens with zero attached hydrogens (tertiary/aromatic N) is 1. The number of rotatable bonds is 4. The van der Waals surface area contributed by atoms with Gasteiger partial charge in [-0.2, -0.15) is 0 Å². The molecule has 0 aromatic rings. The lowest BCUT2D eigenvalue weighted by Crippen LogP contribution is -2.64. The largest absolute Gasteiger partial charge is 0.343 e. The summed E-state index contributed by atoms with van der Waals surface area (Å²) in [6, 6.07) is -0.621. The second-order valence-corrected chi connectivity index (χ2v) is 4.69. The average molecular weight is 226 g/mol. The van der Waals surface area contributed by atoms with E-state index in [1.165, 1.54) is 0 Å². The van der Waals surface area contributed by atoms with Crippen LogP contribution < -0.4 is 5.32 Å². The molecule has 0 spiro atoms. The van der Waals surface area contributed by atoms with E-state index in [0.29, 0.717) is 13.0 Å². The number of piperazine rings is 1. The molecule has 0 radical (unpaired) electrons. The maximum absolute atomic E-state index is 12.1. The SMILES string of the molecule is CCCN1C(=O)C(CC)NC(=O)C1C(C)C. The van der Waals surface area contributed by atoms with Crippen molar-refractivity contribution in [3.63, 3.8) is 0 Å². The summed E-state index contributed by atoms with van der Waals surface area (Å²) in [6.45, 7) is 8.57. The molecular formula is C12H22N2O2. The van der Waals surface area contributed by atoms with Gasteiger partial charge in [0.15, 0.2) is 0 Å². The highest BCUT2D eigenvalue weighted by Crippen LogP contribution is 2.18. The Kier molecular flexibility index (Phi) is 4.33. The lowest BCUT2D eigenvalue weighted by atomic mass is 9.96. The van der Waals surface area contributed by atoms with E-state index >= 15 is 0 Å². The summed E-state index contributed by atoms with van der Waals surface area (Å²) in [5.41, 5.74) is 0. The minimum absolute atomic E-state index is 0.00472. The van der Waals surface area contributed by atoms with E-state index < -0.39 is 0 Å². The van der Waals surface area contributed by atoms with E-state index in [1.54, 1.807) is 4.90 Å². The van der Waals surface area contributed by atoms with Crippen molar-refractivity contribution in [3.8, 4) is 0 Å². The molecule has 1 fully saturated rings. The summed E-state index contributed by atoms with van der Waals surface area (Å²) < 4.78 is 0. The molecular weight excluding hydrogens is 204 g/mol. The summed E-state index contributed by atoms with van der Waals surface area (Å²) in [5, 5.41) is 2.81. The van der Waals surface area contributed by atoms with Gasteiger partial charge in [0.05, 0.1) is 0 Å². The first-order valence-electron chi connectivity index (χ1n) is 6.13. The number of amides is 2. The van der Waals surface area contributed by atoms with Crippen molar-refractivity contribution in [2.45, 2.75) is 52.6 Å². The van der Waals surface area contributed by atoms with Gasteiger partial charge in [0.1, 0.15) is 12.1 Å². The van der Waals surface area contributed by atoms with Gasteiger partial charge in [0.25, 0.3) is 0 Å². The Hall–Kier alpha value is -1.06. The average Bonchev–Trinajstić information content (AvgIpc) is 2.22. The molecule has 1 N–H and O–H groups in total. The van der Waals surface area contributed by atoms with Gasteiger partial charge in [0.2, 0.25) is 11.8 Å². The third kappa shape index (κ3) is 2.36. The highest BCUT2D eigenvalue weighted by molar-refractivity contribution is 5.97. The molecule has 1 rings (SSSR count). The predicted molar refractivity (Wildman–Crippen MR) is 62.9 cm³/mol. The first kappa shape index (κ1) is 13.0. The molecule has 0 aromatic carbocycles. The highest BCUT2D eigenvalue weighted by Gasteiger charge is 2.40. The molecule has 1 aliphatic rings. The fraction of sp³-hybridized carbons (Fsp3) is 0.833. The van der Waals surface area contributed by atoms with Gasteiger partial charge in [0, 0.05) is 6.54 Å². The summed E-state index contributed by atoms with van der Waals surface area (Å²) in [6.07, 6.45) is 1.55. The number of nitrogens with one attached hydrogen (secondary N) is 1. The van der Waals surface area contributed by atoms with Crippen LogP contribution in [0.2, 0.25) is 0 Å². The number of carbonyl (C=O) groups excluding carboxylic acids is 2. The van der Waals surface area contributed by atoms with E-state index in [0.717, 1.165) is 6.42 Å². The Labute approximate surface area is 97.4 Å². The maximum atomic E-state index is 12.1. The van der Waals surface area contributed by atoms with E-state index in [1.807, 2.05) is 27.7 Å². The number of hydrogen-bond donors (Lipinski definition) is 1. The van der Waals surface area contributed by atoms with Crippen molar-refractivity contribution in [2.24, 2.45) is 5.92 Å². The third-order valence-corrected chi connectivity index (χ3v) is 3.01. The van der Waals surface area contributed by atoms with Gasteiger partial charge in [-0.25, -0.2) is 0 Å². The van der Waals surface area contributed by atoms with Crippen LogP contribution in [-0.4, -0.2) is 35.3 Å². The molecule has 4 heteroatoms. The van der Waals surface area contributed by atoms with Crippen LogP contribution in [0.25, 0.3) is 0 Å². The van der Waals surface area contributed by atoms with Crippen molar-refractivity contribution in [1.82, 2.24) is 10.2 Å². The van der Waals surface area contributed by atoms with E-state index in [4.69, 9.17) is 0 Å². The zero-order valence-electron chi connectivity index (χ0n) is 10.6. The summed E-state index contributed by atoms with van der Waals surface area (Å²) in [7, 11) is 0. The van der Waals surface area contributed by atoms with Crippen molar-refractivity contribution < 1.29 is 9.59 Å². The number of hydrogen-bond acceptors (Lipinski definition) is 2. The second kappa shape index (κ2) is 5.32. The quantitative estimate of drug-likeness (QED) is 0.782. The number of carbonyl (C=O) groups is 2. The molecule has 0 aromatic heterocycles. The molecule has 2 unspecified atom stereocenters. The first-order chi connectivity index (χ1) is 7.52. The van der Waals surface area contributed by atoms with Gasteiger partial charge in [-0.3, -0.25) is 9.59 Å². The molecule has 1 heterocycles. The summed E-state index contributed by atoms with van der Waals surface area (Å²) in [5.74, 6) is 0.228. The Bertz CT molecular complexity index is 276. The minimum Gasteiger partial charge on any atom is -0.343 e. The van der Waals surface area contributed by atoms with Crippen molar-refractivity contribution in [3.05, 3.63) is 0 Å². The van der Waals surface area contributed by atoms with E-state index in [9.17, 15) is 9.59 Å². The Balaban J connectivity index is 2.91. The van der Waals surface area contributed by atoms with Crippen LogP contribution in [0.15, 0.2) is 0 Å². The molecule has 1 aliphatic heterocycles. The van der Waals surface area contributed by atoms with Crippen LogP contribution >= 0.6 is 0 Å². The molecule has 4 nitrogen and oxygen atoms in total. The van der Waals surface area contributed by atoms with Gasteiger partial charge < -0.3 is 10.2 Å². The van der Waals surface area contributed by atoms with Gasteiger partial charge >= 0.3 is 0 Å². The smallest absolute Gasteiger partial charge is 0.245 e. The first-order valence-corrected chi connectivity index (χ1v) is 6.13. The summed E-state index contributed by atoms with van der Waals surface area (Å²) >= 11 is 0. The summed E-state index contributed by atoms with van der Waals surface area (Å²) in [4.78, 5) is 25.8. The van der Waals surface area contributed by atoms with Crippen LogP contribution in [0.5, 0.6) is 0 Å². The normalized spacial score (nSPS) is 26.2. The molecule has 2 amide bonds. The van der Waals surface area contributed by atoms with Crippen LogP contribution in [0.4, 0.5) is 0 Å². The Morgan fingerprint density at radius 3 is 2.38 bits per heavy atom.